The van der Waals surface area contributed by atoms with Crippen LogP contribution in [-0.2, 0) is 27.4 Å². The van der Waals surface area contributed by atoms with Crippen molar-refractivity contribution in [3.8, 4) is 0 Å². The smallest absolute Gasteiger partial charge is 0.234 e. The van der Waals surface area contributed by atoms with Crippen molar-refractivity contribution in [2.45, 2.75) is 19.5 Å². The van der Waals surface area contributed by atoms with Gasteiger partial charge in [0, 0.05) is 20.3 Å². The third-order valence-corrected chi connectivity index (χ3v) is 2.34. The molecular weight excluding hydrogens is 250 g/mol. The average molecular weight is 271 g/mol. The van der Waals surface area contributed by atoms with Crippen molar-refractivity contribution in [2.24, 2.45) is 5.73 Å². The number of hydrogen-bond acceptors (Lipinski definition) is 6. The number of carbonyl (C=O) groups excluding carboxylic acids is 1. The third kappa shape index (κ3) is 6.85. The Morgan fingerprint density at radius 1 is 1.47 bits per heavy atom. The number of nitrogens with one attached hydrogen (secondary N) is 1. The van der Waals surface area contributed by atoms with E-state index in [-0.39, 0.29) is 12.5 Å². The summed E-state index contributed by atoms with van der Waals surface area (Å²) in [6.07, 6.45) is 2.65. The third-order valence-electron chi connectivity index (χ3n) is 2.34. The fourth-order valence-electron chi connectivity index (χ4n) is 1.36. The van der Waals surface area contributed by atoms with Gasteiger partial charge in [-0.3, -0.25) is 4.79 Å². The van der Waals surface area contributed by atoms with Gasteiger partial charge in [-0.25, -0.2) is 4.68 Å². The highest BCUT2D eigenvalue weighted by Gasteiger charge is 2.02. The molecule has 0 saturated heterocycles. The zero-order valence-corrected chi connectivity index (χ0v) is 11.2. The van der Waals surface area contributed by atoms with Crippen LogP contribution in [-0.4, -0.2) is 54.4 Å². The lowest BCUT2D eigenvalue weighted by Crippen LogP contribution is -2.29. The molecular formula is C11H21N5O3. The van der Waals surface area contributed by atoms with Gasteiger partial charge in [0.15, 0.2) is 0 Å². The minimum Gasteiger partial charge on any atom is -0.385 e. The maximum atomic E-state index is 11.0. The van der Waals surface area contributed by atoms with Crippen LogP contribution in [0, 0.1) is 0 Å². The fraction of sp³-hybridized carbons (Fsp3) is 0.727. The Morgan fingerprint density at radius 2 is 2.32 bits per heavy atom. The zero-order chi connectivity index (χ0) is 13.9. The van der Waals surface area contributed by atoms with Gasteiger partial charge in [-0.1, -0.05) is 5.21 Å². The molecule has 0 bridgehead atoms. The number of aromatic nitrogens is 3. The Kier molecular flexibility index (Phi) is 7.71. The molecule has 1 aromatic rings. The van der Waals surface area contributed by atoms with Crippen LogP contribution in [0.25, 0.3) is 0 Å². The van der Waals surface area contributed by atoms with Crippen LogP contribution in [0.15, 0.2) is 6.20 Å². The van der Waals surface area contributed by atoms with Crippen LogP contribution in [0.5, 0.6) is 0 Å². The van der Waals surface area contributed by atoms with Crippen LogP contribution in [0.1, 0.15) is 12.1 Å². The molecule has 19 heavy (non-hydrogen) atoms. The predicted molar refractivity (Wildman–Crippen MR) is 68.2 cm³/mol. The normalized spacial score (nSPS) is 10.6. The molecule has 1 amide bonds. The Balaban J connectivity index is 2.14. The van der Waals surface area contributed by atoms with Crippen LogP contribution in [0.4, 0.5) is 0 Å². The highest BCUT2D eigenvalue weighted by atomic mass is 16.5. The quantitative estimate of drug-likeness (QED) is 0.524. The minimum absolute atomic E-state index is 0.0244. The van der Waals surface area contributed by atoms with E-state index in [4.69, 9.17) is 15.2 Å². The molecule has 0 aliphatic rings. The Morgan fingerprint density at radius 3 is 3.05 bits per heavy atom. The molecule has 8 heteroatoms. The van der Waals surface area contributed by atoms with E-state index in [1.165, 1.54) is 0 Å². The molecule has 0 spiro atoms. The molecule has 108 valence electrons. The van der Waals surface area contributed by atoms with Gasteiger partial charge in [-0.05, 0) is 6.42 Å². The number of amides is 1. The van der Waals surface area contributed by atoms with Gasteiger partial charge in [0.1, 0.15) is 5.69 Å². The van der Waals surface area contributed by atoms with Gasteiger partial charge in [-0.15, -0.1) is 5.10 Å². The summed E-state index contributed by atoms with van der Waals surface area (Å²) in [5.41, 5.74) is 5.87. The molecule has 0 unspecified atom stereocenters. The minimum atomic E-state index is -0.212. The first-order chi connectivity index (χ1) is 9.26. The van der Waals surface area contributed by atoms with E-state index in [2.05, 4.69) is 15.6 Å². The van der Waals surface area contributed by atoms with Crippen molar-refractivity contribution in [1.82, 2.24) is 20.3 Å². The van der Waals surface area contributed by atoms with Crippen LogP contribution in [0.3, 0.4) is 0 Å². The number of rotatable bonds is 10. The first-order valence-electron chi connectivity index (χ1n) is 6.18. The fourth-order valence-corrected chi connectivity index (χ4v) is 1.36. The second-order valence-corrected chi connectivity index (χ2v) is 3.91. The molecule has 0 aromatic carbocycles. The number of carbonyl (C=O) groups is 1. The number of ether oxygens (including phenoxy) is 2. The van der Waals surface area contributed by atoms with Crippen molar-refractivity contribution < 1.29 is 14.3 Å². The summed E-state index contributed by atoms with van der Waals surface area (Å²) in [4.78, 5) is 11.0. The summed E-state index contributed by atoms with van der Waals surface area (Å²) in [7, 11) is 1.67. The van der Waals surface area contributed by atoms with Crippen molar-refractivity contribution >= 4 is 5.91 Å². The molecule has 8 nitrogen and oxygen atoms in total. The summed E-state index contributed by atoms with van der Waals surface area (Å²) >= 11 is 0. The van der Waals surface area contributed by atoms with Gasteiger partial charge in [0.05, 0.1) is 32.4 Å². The first-order valence-corrected chi connectivity index (χ1v) is 6.18. The molecule has 0 atom stereocenters. The lowest BCUT2D eigenvalue weighted by atomic mass is 10.4. The average Bonchev–Trinajstić information content (AvgIpc) is 2.88. The highest BCUT2D eigenvalue weighted by Crippen LogP contribution is 1.93. The molecule has 0 saturated carbocycles. The maximum absolute atomic E-state index is 11.0. The van der Waals surface area contributed by atoms with E-state index in [1.807, 2.05) is 0 Å². The van der Waals surface area contributed by atoms with E-state index in [1.54, 1.807) is 18.0 Å². The second-order valence-electron chi connectivity index (χ2n) is 3.91. The summed E-state index contributed by atoms with van der Waals surface area (Å²) in [5.74, 6) is -0.212. The maximum Gasteiger partial charge on any atom is 0.234 e. The van der Waals surface area contributed by atoms with Gasteiger partial charge in [-0.2, -0.15) is 0 Å². The zero-order valence-electron chi connectivity index (χ0n) is 11.2. The molecule has 1 heterocycles. The largest absolute Gasteiger partial charge is 0.385 e. The Bertz CT molecular complexity index is 369. The Labute approximate surface area is 112 Å². The topological polar surface area (TPSA) is 104 Å². The van der Waals surface area contributed by atoms with E-state index in [0.29, 0.717) is 38.6 Å². The van der Waals surface area contributed by atoms with Gasteiger partial charge in [0.2, 0.25) is 5.91 Å². The molecule has 0 aliphatic heterocycles. The van der Waals surface area contributed by atoms with E-state index in [9.17, 15) is 4.79 Å². The second kappa shape index (κ2) is 9.42. The molecule has 1 rings (SSSR count). The van der Waals surface area contributed by atoms with Crippen molar-refractivity contribution in [1.29, 1.82) is 0 Å². The standard InChI is InChI=1S/C11H21N5O3/c1-18-4-2-5-19-6-3-16-9-10(14-15-16)8-13-11(17)7-12/h9H,2-8,12H2,1H3,(H,13,17). The number of nitrogens with zero attached hydrogens (tertiary/aromatic N) is 3. The molecule has 3 N–H and O–H groups in total. The molecule has 0 radical (unpaired) electrons. The van der Waals surface area contributed by atoms with Crippen molar-refractivity contribution in [3.63, 3.8) is 0 Å². The predicted octanol–water partition coefficient (Wildman–Crippen LogP) is -1.09. The lowest BCUT2D eigenvalue weighted by molar-refractivity contribution is -0.119. The molecule has 0 aliphatic carbocycles. The Hall–Kier alpha value is -1.51. The number of methoxy groups -OCH3 is 1. The molecule has 0 fully saturated rings. The van der Waals surface area contributed by atoms with Gasteiger partial charge < -0.3 is 20.5 Å². The van der Waals surface area contributed by atoms with E-state index < -0.39 is 0 Å². The first kappa shape index (κ1) is 15.5. The molecule has 1 aromatic heterocycles. The van der Waals surface area contributed by atoms with Gasteiger partial charge >= 0.3 is 0 Å². The summed E-state index contributed by atoms with van der Waals surface area (Å²) in [6, 6.07) is 0. The highest BCUT2D eigenvalue weighted by molar-refractivity contribution is 5.77. The van der Waals surface area contributed by atoms with E-state index >= 15 is 0 Å². The SMILES string of the molecule is COCCCOCCn1cc(CNC(=O)CN)nn1. The number of nitrogens with two attached hydrogens (primary N) is 1. The van der Waals surface area contributed by atoms with Crippen LogP contribution < -0.4 is 11.1 Å². The van der Waals surface area contributed by atoms with Gasteiger partial charge in [0.25, 0.3) is 0 Å². The van der Waals surface area contributed by atoms with Crippen LogP contribution >= 0.6 is 0 Å². The summed E-state index contributed by atoms with van der Waals surface area (Å²) in [5, 5.41) is 10.5. The van der Waals surface area contributed by atoms with E-state index in [0.717, 1.165) is 6.42 Å². The lowest BCUT2D eigenvalue weighted by Gasteiger charge is -2.03. The van der Waals surface area contributed by atoms with Crippen molar-refractivity contribution in [2.75, 3.05) is 33.5 Å². The number of hydrogen-bond donors (Lipinski definition) is 2. The summed E-state index contributed by atoms with van der Waals surface area (Å²) in [6.45, 7) is 2.89. The monoisotopic (exact) mass is 271 g/mol. The van der Waals surface area contributed by atoms with Crippen LogP contribution in [0.2, 0.25) is 0 Å². The summed E-state index contributed by atoms with van der Waals surface area (Å²) < 4.78 is 12.0. The van der Waals surface area contributed by atoms with Crippen molar-refractivity contribution in [3.05, 3.63) is 11.9 Å².